The smallest absolute Gasteiger partial charge is 0.183 e. The molecule has 1 aromatic carbocycles. The molecule has 0 aliphatic heterocycles. The van der Waals surface area contributed by atoms with Crippen LogP contribution < -0.4 is 0 Å². The van der Waals surface area contributed by atoms with Crippen molar-refractivity contribution in [1.29, 1.82) is 0 Å². The number of aliphatic hydroxyl groups excluding tert-OH is 1. The Labute approximate surface area is 101 Å². The maximum atomic E-state index is 9.85. The Morgan fingerprint density at radius 2 is 1.94 bits per heavy atom. The first-order chi connectivity index (χ1) is 7.58. The van der Waals surface area contributed by atoms with Gasteiger partial charge in [0.2, 0.25) is 0 Å². The van der Waals surface area contributed by atoms with Gasteiger partial charge in [-0.3, -0.25) is 0 Å². The Balaban J connectivity index is 2.72. The van der Waals surface area contributed by atoms with Crippen LogP contribution >= 0.6 is 11.6 Å². The molecule has 0 aliphatic rings. The number of hydrogen-bond donors (Lipinski definition) is 1. The lowest BCUT2D eigenvalue weighted by Crippen LogP contribution is -2.31. The van der Waals surface area contributed by atoms with Crippen LogP contribution in [0.4, 0.5) is 0 Å². The van der Waals surface area contributed by atoms with Crippen LogP contribution in [0.2, 0.25) is 5.02 Å². The number of hydrogen-bond acceptors (Lipinski definition) is 3. The Morgan fingerprint density at radius 3 is 2.44 bits per heavy atom. The van der Waals surface area contributed by atoms with Crippen LogP contribution in [0.5, 0.6) is 0 Å². The van der Waals surface area contributed by atoms with Crippen molar-refractivity contribution in [2.45, 2.75) is 25.7 Å². The highest BCUT2D eigenvalue weighted by molar-refractivity contribution is 6.31. The van der Waals surface area contributed by atoms with Gasteiger partial charge in [-0.1, -0.05) is 23.7 Å². The van der Waals surface area contributed by atoms with Gasteiger partial charge in [0.1, 0.15) is 6.10 Å². The minimum atomic E-state index is -0.727. The van der Waals surface area contributed by atoms with E-state index < -0.39 is 12.4 Å². The van der Waals surface area contributed by atoms with E-state index in [4.69, 9.17) is 21.1 Å². The molecule has 0 saturated heterocycles. The van der Waals surface area contributed by atoms with Crippen molar-refractivity contribution in [3.63, 3.8) is 0 Å². The molecule has 4 heteroatoms. The predicted octanol–water partition coefficient (Wildman–Crippen LogP) is 2.17. The maximum Gasteiger partial charge on any atom is 0.183 e. The first kappa shape index (κ1) is 13.5. The summed E-state index contributed by atoms with van der Waals surface area (Å²) in [6.45, 7) is 1.97. The molecule has 0 saturated carbocycles. The SMILES string of the molecule is COC(OC)C(O)Cc1ccc(C)cc1Cl. The van der Waals surface area contributed by atoms with Crippen molar-refractivity contribution >= 4 is 11.6 Å². The molecule has 0 bridgehead atoms. The molecule has 0 heterocycles. The number of benzene rings is 1. The number of aryl methyl sites for hydroxylation is 1. The largest absolute Gasteiger partial charge is 0.387 e. The second-order valence-corrected chi connectivity index (χ2v) is 4.11. The average Bonchev–Trinajstić information content (AvgIpc) is 2.24. The Kier molecular flexibility index (Phi) is 5.22. The summed E-state index contributed by atoms with van der Waals surface area (Å²) in [6, 6.07) is 5.74. The minimum absolute atomic E-state index is 0.408. The van der Waals surface area contributed by atoms with Gasteiger partial charge < -0.3 is 14.6 Å². The lowest BCUT2D eigenvalue weighted by atomic mass is 10.1. The summed E-state index contributed by atoms with van der Waals surface area (Å²) in [6.07, 6.45) is -0.946. The van der Waals surface area contributed by atoms with Gasteiger partial charge in [0.25, 0.3) is 0 Å². The van der Waals surface area contributed by atoms with Gasteiger partial charge in [-0.15, -0.1) is 0 Å². The molecule has 16 heavy (non-hydrogen) atoms. The lowest BCUT2D eigenvalue weighted by molar-refractivity contribution is -0.163. The average molecular weight is 245 g/mol. The van der Waals surface area contributed by atoms with Gasteiger partial charge in [0.15, 0.2) is 6.29 Å². The van der Waals surface area contributed by atoms with Crippen LogP contribution in [0, 0.1) is 6.92 Å². The predicted molar refractivity (Wildman–Crippen MR) is 63.7 cm³/mol. The maximum absolute atomic E-state index is 9.85. The highest BCUT2D eigenvalue weighted by Gasteiger charge is 2.19. The highest BCUT2D eigenvalue weighted by atomic mass is 35.5. The fraction of sp³-hybridized carbons (Fsp3) is 0.500. The normalized spacial score (nSPS) is 13.1. The Hall–Kier alpha value is -0.610. The molecule has 0 spiro atoms. The summed E-state index contributed by atoms with van der Waals surface area (Å²) in [7, 11) is 2.99. The molecular formula is C12H17ClO3. The molecule has 1 unspecified atom stereocenters. The second kappa shape index (κ2) is 6.21. The number of halogens is 1. The van der Waals surface area contributed by atoms with Gasteiger partial charge in [-0.25, -0.2) is 0 Å². The third kappa shape index (κ3) is 3.46. The second-order valence-electron chi connectivity index (χ2n) is 3.71. The van der Waals surface area contributed by atoms with Gasteiger partial charge in [-0.2, -0.15) is 0 Å². The van der Waals surface area contributed by atoms with Gasteiger partial charge in [0.05, 0.1) is 0 Å². The molecule has 3 nitrogen and oxygen atoms in total. The molecule has 0 aliphatic carbocycles. The van der Waals surface area contributed by atoms with E-state index in [1.54, 1.807) is 0 Å². The molecule has 0 radical (unpaired) electrons. The molecular weight excluding hydrogens is 228 g/mol. The van der Waals surface area contributed by atoms with E-state index >= 15 is 0 Å². The number of methoxy groups -OCH3 is 2. The molecule has 0 fully saturated rings. The fourth-order valence-electron chi connectivity index (χ4n) is 1.55. The zero-order valence-corrected chi connectivity index (χ0v) is 10.5. The Bertz CT molecular complexity index is 337. The zero-order valence-electron chi connectivity index (χ0n) is 9.74. The summed E-state index contributed by atoms with van der Waals surface area (Å²) in [5.74, 6) is 0. The number of rotatable bonds is 5. The van der Waals surface area contributed by atoms with Crippen molar-refractivity contribution in [3.8, 4) is 0 Å². The third-order valence-corrected chi connectivity index (χ3v) is 2.77. The standard InChI is InChI=1S/C12H17ClO3/c1-8-4-5-9(10(13)6-8)7-11(14)12(15-2)16-3/h4-6,11-12,14H,7H2,1-3H3. The summed E-state index contributed by atoms with van der Waals surface area (Å²) in [4.78, 5) is 0. The van der Waals surface area contributed by atoms with Crippen LogP contribution in [0.15, 0.2) is 18.2 Å². The van der Waals surface area contributed by atoms with E-state index in [0.29, 0.717) is 11.4 Å². The summed E-state index contributed by atoms with van der Waals surface area (Å²) in [5.41, 5.74) is 1.98. The van der Waals surface area contributed by atoms with Gasteiger partial charge in [-0.05, 0) is 24.1 Å². The van der Waals surface area contributed by atoms with Crippen molar-refractivity contribution in [1.82, 2.24) is 0 Å². The van der Waals surface area contributed by atoms with Gasteiger partial charge >= 0.3 is 0 Å². The zero-order chi connectivity index (χ0) is 12.1. The van der Waals surface area contributed by atoms with E-state index in [1.165, 1.54) is 14.2 Å². The van der Waals surface area contributed by atoms with Crippen molar-refractivity contribution < 1.29 is 14.6 Å². The number of aliphatic hydroxyl groups is 1. The van der Waals surface area contributed by atoms with Crippen LogP contribution in [-0.2, 0) is 15.9 Å². The quantitative estimate of drug-likeness (QED) is 0.807. The van der Waals surface area contributed by atoms with E-state index in [9.17, 15) is 5.11 Å². The summed E-state index contributed by atoms with van der Waals surface area (Å²) >= 11 is 6.07. The molecule has 1 atom stereocenters. The van der Waals surface area contributed by atoms with Crippen molar-refractivity contribution in [3.05, 3.63) is 34.3 Å². The molecule has 0 amide bonds. The molecule has 1 aromatic rings. The van der Waals surface area contributed by atoms with E-state index in [-0.39, 0.29) is 0 Å². The number of ether oxygens (including phenoxy) is 2. The first-order valence-corrected chi connectivity index (χ1v) is 5.45. The first-order valence-electron chi connectivity index (χ1n) is 5.07. The van der Waals surface area contributed by atoms with Crippen molar-refractivity contribution in [2.24, 2.45) is 0 Å². The van der Waals surface area contributed by atoms with Crippen LogP contribution in [0.25, 0.3) is 0 Å². The third-order valence-electron chi connectivity index (χ3n) is 2.42. The van der Waals surface area contributed by atoms with E-state index in [0.717, 1.165) is 11.1 Å². The molecule has 0 aromatic heterocycles. The van der Waals surface area contributed by atoms with E-state index in [1.807, 2.05) is 25.1 Å². The van der Waals surface area contributed by atoms with Crippen molar-refractivity contribution in [2.75, 3.05) is 14.2 Å². The van der Waals surface area contributed by atoms with Crippen LogP contribution in [0.3, 0.4) is 0 Å². The minimum Gasteiger partial charge on any atom is -0.387 e. The lowest BCUT2D eigenvalue weighted by Gasteiger charge is -2.20. The topological polar surface area (TPSA) is 38.7 Å². The monoisotopic (exact) mass is 244 g/mol. The highest BCUT2D eigenvalue weighted by Crippen LogP contribution is 2.20. The fourth-order valence-corrected chi connectivity index (χ4v) is 1.86. The molecule has 90 valence electrons. The molecule has 1 N–H and O–H groups in total. The van der Waals surface area contributed by atoms with Crippen LogP contribution in [-0.4, -0.2) is 31.7 Å². The Morgan fingerprint density at radius 1 is 1.31 bits per heavy atom. The summed E-state index contributed by atoms with van der Waals surface area (Å²) < 4.78 is 9.96. The van der Waals surface area contributed by atoms with E-state index in [2.05, 4.69) is 0 Å². The van der Waals surface area contributed by atoms with Gasteiger partial charge in [0, 0.05) is 25.7 Å². The van der Waals surface area contributed by atoms with Crippen LogP contribution in [0.1, 0.15) is 11.1 Å². The summed E-state index contributed by atoms with van der Waals surface area (Å²) in [5, 5.41) is 10.5. The molecule has 1 rings (SSSR count).